The van der Waals surface area contributed by atoms with Gasteiger partial charge >= 0.3 is 0 Å². The molecule has 0 unspecified atom stereocenters. The summed E-state index contributed by atoms with van der Waals surface area (Å²) in [7, 11) is 0. The number of benzene rings is 1. The molecule has 2 aliphatic rings. The number of rotatable bonds is 3. The van der Waals surface area contributed by atoms with Crippen molar-refractivity contribution in [3.63, 3.8) is 0 Å². The Morgan fingerprint density at radius 1 is 1.30 bits per heavy atom. The van der Waals surface area contributed by atoms with E-state index < -0.39 is 0 Å². The van der Waals surface area contributed by atoms with Crippen molar-refractivity contribution in [1.29, 1.82) is 0 Å². The van der Waals surface area contributed by atoms with Crippen molar-refractivity contribution in [1.82, 2.24) is 4.90 Å². The Hall–Kier alpha value is -0.870. The summed E-state index contributed by atoms with van der Waals surface area (Å²) in [6.45, 7) is 7.53. The number of piperidine rings is 2. The molecule has 1 aromatic carbocycles. The van der Waals surface area contributed by atoms with Crippen molar-refractivity contribution in [2.45, 2.75) is 39.2 Å². The van der Waals surface area contributed by atoms with Crippen LogP contribution in [0.15, 0.2) is 28.7 Å². The molecule has 2 saturated heterocycles. The Morgan fingerprint density at radius 3 is 2.78 bits per heavy atom. The fourth-order valence-electron chi connectivity index (χ4n) is 4.03. The van der Waals surface area contributed by atoms with Gasteiger partial charge in [-0.2, -0.15) is 0 Å². The van der Waals surface area contributed by atoms with E-state index >= 15 is 0 Å². The maximum Gasteiger partial charge on any atom is 0.226 e. The highest BCUT2D eigenvalue weighted by molar-refractivity contribution is 9.10. The topological polar surface area (TPSA) is 24.8 Å². The molecular weight excluding hydrogens is 352 g/mol. The number of hydrogen-bond acceptors (Lipinski definition) is 1. The summed E-state index contributed by atoms with van der Waals surface area (Å²) in [4.78, 5) is 16.5. The van der Waals surface area contributed by atoms with E-state index in [0.717, 1.165) is 50.0 Å². The van der Waals surface area contributed by atoms with Gasteiger partial charge in [-0.25, -0.2) is 0 Å². The minimum Gasteiger partial charge on any atom is -0.342 e. The van der Waals surface area contributed by atoms with Gasteiger partial charge in [0.1, 0.15) is 6.54 Å². The number of nitrogens with zero attached hydrogens (tertiary/aromatic N) is 1. The van der Waals surface area contributed by atoms with Gasteiger partial charge in [0.2, 0.25) is 5.91 Å². The van der Waals surface area contributed by atoms with E-state index in [0.29, 0.717) is 11.8 Å². The van der Waals surface area contributed by atoms with Crippen molar-refractivity contribution >= 4 is 21.8 Å². The molecule has 0 saturated carbocycles. The lowest BCUT2D eigenvalue weighted by Crippen LogP contribution is -3.11. The molecule has 0 bridgehead atoms. The average molecular weight is 380 g/mol. The van der Waals surface area contributed by atoms with Crippen LogP contribution in [-0.2, 0) is 11.3 Å². The molecule has 126 valence electrons. The van der Waals surface area contributed by atoms with Crippen LogP contribution in [0, 0.1) is 11.8 Å². The Labute approximate surface area is 148 Å². The summed E-state index contributed by atoms with van der Waals surface area (Å²) in [5.41, 5.74) is 1.38. The highest BCUT2D eigenvalue weighted by Crippen LogP contribution is 2.21. The van der Waals surface area contributed by atoms with E-state index in [9.17, 15) is 4.79 Å². The van der Waals surface area contributed by atoms with Crippen LogP contribution in [-0.4, -0.2) is 37.0 Å². The molecule has 0 spiro atoms. The molecule has 0 radical (unpaired) electrons. The maximum atomic E-state index is 12.7. The number of likely N-dealkylation sites (tertiary alicyclic amines) is 2. The standard InChI is InChI=1S/C19H27BrN2O/c1-15-4-3-9-22(13-15)19(23)17-7-10-21(11-8-17)14-16-5-2-6-18(20)12-16/h2,5-6,12,15,17H,3-4,7-11,13-14H2,1H3/p+1/t15-/m1/s1. The number of amides is 1. The molecule has 1 N–H and O–H groups in total. The lowest BCUT2D eigenvalue weighted by Gasteiger charge is -2.36. The minimum absolute atomic E-state index is 0.270. The highest BCUT2D eigenvalue weighted by atomic mass is 79.9. The first-order chi connectivity index (χ1) is 11.1. The number of halogens is 1. The van der Waals surface area contributed by atoms with Gasteiger partial charge in [-0.3, -0.25) is 4.79 Å². The van der Waals surface area contributed by atoms with Crippen LogP contribution < -0.4 is 4.90 Å². The first kappa shape index (κ1) is 17.0. The van der Waals surface area contributed by atoms with Gasteiger partial charge in [-0.05, 0) is 30.9 Å². The molecule has 3 nitrogen and oxygen atoms in total. The van der Waals surface area contributed by atoms with E-state index in [1.54, 1.807) is 4.90 Å². The fourth-order valence-corrected chi connectivity index (χ4v) is 4.48. The SMILES string of the molecule is C[C@@H]1CCCN(C(=O)C2CC[NH+](Cc3cccc(Br)c3)CC2)C1. The third-order valence-corrected chi connectivity index (χ3v) is 5.85. The third-order valence-electron chi connectivity index (χ3n) is 5.35. The molecule has 2 fully saturated rings. The smallest absolute Gasteiger partial charge is 0.226 e. The molecule has 1 atom stereocenters. The van der Waals surface area contributed by atoms with Gasteiger partial charge in [0.15, 0.2) is 0 Å². The van der Waals surface area contributed by atoms with E-state index in [2.05, 4.69) is 52.0 Å². The molecule has 4 heteroatoms. The van der Waals surface area contributed by atoms with Crippen molar-refractivity contribution in [2.75, 3.05) is 26.2 Å². The van der Waals surface area contributed by atoms with Crippen LogP contribution in [0.4, 0.5) is 0 Å². The summed E-state index contributed by atoms with van der Waals surface area (Å²) in [6.07, 6.45) is 4.55. The van der Waals surface area contributed by atoms with Gasteiger partial charge < -0.3 is 9.80 Å². The van der Waals surface area contributed by atoms with E-state index in [1.807, 2.05) is 0 Å². The van der Waals surface area contributed by atoms with Gasteiger partial charge in [0.05, 0.1) is 13.1 Å². The predicted molar refractivity (Wildman–Crippen MR) is 96.2 cm³/mol. The fraction of sp³-hybridized carbons (Fsp3) is 0.632. The van der Waals surface area contributed by atoms with Gasteiger partial charge in [0, 0.05) is 41.9 Å². The molecule has 1 aromatic rings. The number of carbonyl (C=O) groups is 1. The lowest BCUT2D eigenvalue weighted by atomic mass is 9.92. The molecule has 23 heavy (non-hydrogen) atoms. The molecule has 0 aromatic heterocycles. The van der Waals surface area contributed by atoms with Crippen molar-refractivity contribution < 1.29 is 9.69 Å². The van der Waals surface area contributed by atoms with Crippen LogP contribution in [0.1, 0.15) is 38.2 Å². The van der Waals surface area contributed by atoms with E-state index in [-0.39, 0.29) is 5.92 Å². The highest BCUT2D eigenvalue weighted by Gasteiger charge is 2.32. The van der Waals surface area contributed by atoms with E-state index in [4.69, 9.17) is 0 Å². The largest absolute Gasteiger partial charge is 0.342 e. The second-order valence-corrected chi connectivity index (χ2v) is 8.28. The summed E-state index contributed by atoms with van der Waals surface area (Å²) >= 11 is 3.55. The van der Waals surface area contributed by atoms with Crippen LogP contribution in [0.5, 0.6) is 0 Å². The molecule has 2 heterocycles. The first-order valence-electron chi connectivity index (χ1n) is 8.98. The van der Waals surface area contributed by atoms with Gasteiger partial charge in [-0.1, -0.05) is 35.0 Å². The normalized spacial score (nSPS) is 28.6. The van der Waals surface area contributed by atoms with Crippen molar-refractivity contribution in [3.8, 4) is 0 Å². The van der Waals surface area contributed by atoms with Crippen molar-refractivity contribution in [3.05, 3.63) is 34.3 Å². The first-order valence-corrected chi connectivity index (χ1v) is 9.78. The number of carbonyl (C=O) groups excluding carboxylic acids is 1. The second-order valence-electron chi connectivity index (χ2n) is 7.36. The number of hydrogen-bond donors (Lipinski definition) is 1. The second kappa shape index (κ2) is 7.80. The predicted octanol–water partition coefficient (Wildman–Crippen LogP) is 2.50. The summed E-state index contributed by atoms with van der Waals surface area (Å²) in [5.74, 6) is 1.37. The lowest BCUT2D eigenvalue weighted by molar-refractivity contribution is -0.919. The quantitative estimate of drug-likeness (QED) is 0.857. The Kier molecular flexibility index (Phi) is 5.76. The number of nitrogens with one attached hydrogen (secondary N) is 1. The maximum absolute atomic E-state index is 12.7. The zero-order valence-electron chi connectivity index (χ0n) is 14.1. The average Bonchev–Trinajstić information content (AvgIpc) is 2.55. The summed E-state index contributed by atoms with van der Waals surface area (Å²) < 4.78 is 1.15. The minimum atomic E-state index is 0.270. The zero-order valence-corrected chi connectivity index (χ0v) is 15.6. The van der Waals surface area contributed by atoms with E-state index in [1.165, 1.54) is 18.4 Å². The molecule has 3 rings (SSSR count). The Bertz CT molecular complexity index is 540. The summed E-state index contributed by atoms with van der Waals surface area (Å²) in [5, 5.41) is 0. The third kappa shape index (κ3) is 4.57. The Morgan fingerprint density at radius 2 is 2.09 bits per heavy atom. The van der Waals surface area contributed by atoms with Gasteiger partial charge in [0.25, 0.3) is 0 Å². The van der Waals surface area contributed by atoms with Crippen LogP contribution in [0.3, 0.4) is 0 Å². The van der Waals surface area contributed by atoms with Crippen LogP contribution >= 0.6 is 15.9 Å². The zero-order chi connectivity index (χ0) is 16.2. The molecule has 2 aliphatic heterocycles. The monoisotopic (exact) mass is 379 g/mol. The number of quaternary nitrogens is 1. The molecule has 1 amide bonds. The van der Waals surface area contributed by atoms with Gasteiger partial charge in [-0.15, -0.1) is 0 Å². The molecule has 0 aliphatic carbocycles. The van der Waals surface area contributed by atoms with Crippen LogP contribution in [0.25, 0.3) is 0 Å². The molecular formula is C19H28BrN2O+. The summed E-state index contributed by atoms with van der Waals surface area (Å²) in [6, 6.07) is 8.58. The Balaban J connectivity index is 1.49. The van der Waals surface area contributed by atoms with Crippen LogP contribution in [0.2, 0.25) is 0 Å². The van der Waals surface area contributed by atoms with Crippen molar-refractivity contribution in [2.24, 2.45) is 11.8 Å².